The molecule has 0 radical (unpaired) electrons. The van der Waals surface area contributed by atoms with Crippen LogP contribution in [-0.2, 0) is 16.0 Å². The molecule has 0 spiro atoms. The Hall–Kier alpha value is -1.92. The number of anilines is 1. The fourth-order valence-corrected chi connectivity index (χ4v) is 3.04. The Morgan fingerprint density at radius 3 is 2.35 bits per heavy atom. The van der Waals surface area contributed by atoms with Crippen molar-refractivity contribution in [1.29, 1.82) is 0 Å². The lowest BCUT2D eigenvalue weighted by molar-refractivity contribution is -0.136. The van der Waals surface area contributed by atoms with Gasteiger partial charge in [-0.05, 0) is 23.5 Å². The molecule has 1 aliphatic rings. The van der Waals surface area contributed by atoms with Crippen molar-refractivity contribution in [3.63, 3.8) is 0 Å². The van der Waals surface area contributed by atoms with Crippen LogP contribution in [0.15, 0.2) is 24.3 Å². The van der Waals surface area contributed by atoms with Crippen molar-refractivity contribution in [3.8, 4) is 0 Å². The Balaban J connectivity index is 1.83. The van der Waals surface area contributed by atoms with Crippen LogP contribution < -0.4 is 11.1 Å². The van der Waals surface area contributed by atoms with Crippen LogP contribution in [0.2, 0.25) is 0 Å². The number of piperazine rings is 1. The van der Waals surface area contributed by atoms with Crippen LogP contribution in [0.1, 0.15) is 33.3 Å². The highest BCUT2D eigenvalue weighted by atomic mass is 16.2. The molecule has 0 unspecified atom stereocenters. The van der Waals surface area contributed by atoms with Gasteiger partial charge in [0.2, 0.25) is 11.8 Å². The van der Waals surface area contributed by atoms with Gasteiger partial charge >= 0.3 is 0 Å². The van der Waals surface area contributed by atoms with Crippen molar-refractivity contribution in [2.75, 3.05) is 38.0 Å². The van der Waals surface area contributed by atoms with Crippen molar-refractivity contribution in [2.24, 2.45) is 11.1 Å². The summed E-state index contributed by atoms with van der Waals surface area (Å²) in [5, 5.41) is 3.00. The highest BCUT2D eigenvalue weighted by Gasteiger charge is 2.32. The molecule has 0 aliphatic carbocycles. The molecule has 3 N–H and O–H groups in total. The van der Waals surface area contributed by atoms with Gasteiger partial charge in [0.15, 0.2) is 0 Å². The Bertz CT molecular complexity index is 631. The van der Waals surface area contributed by atoms with Crippen LogP contribution in [0.5, 0.6) is 0 Å². The number of benzene rings is 1. The summed E-state index contributed by atoms with van der Waals surface area (Å²) in [6, 6.07) is 7.37. The minimum atomic E-state index is -0.497. The standard InChI is InChI=1S/C20H32N4O2/c1-5-15-8-6-7-9-16(15)22-17(25)14-23-10-12-24(13-11-23)19(26)18(21)20(2,3)4/h6-9,18H,5,10-14,21H2,1-4H3,(H,22,25)/t18-/m1/s1. The van der Waals surface area contributed by atoms with Gasteiger partial charge < -0.3 is 16.0 Å². The van der Waals surface area contributed by atoms with Gasteiger partial charge in [0, 0.05) is 31.9 Å². The van der Waals surface area contributed by atoms with Gasteiger partial charge in [0.05, 0.1) is 12.6 Å². The zero-order valence-corrected chi connectivity index (χ0v) is 16.4. The molecule has 6 heteroatoms. The van der Waals surface area contributed by atoms with E-state index < -0.39 is 6.04 Å². The number of hydrogen-bond donors (Lipinski definition) is 2. The van der Waals surface area contributed by atoms with Crippen molar-refractivity contribution in [3.05, 3.63) is 29.8 Å². The second-order valence-electron chi connectivity index (χ2n) is 8.00. The molecule has 1 heterocycles. The third-order valence-corrected chi connectivity index (χ3v) is 4.92. The summed E-state index contributed by atoms with van der Waals surface area (Å²) < 4.78 is 0. The van der Waals surface area contributed by atoms with E-state index in [2.05, 4.69) is 17.1 Å². The number of carbonyl (C=O) groups is 2. The van der Waals surface area contributed by atoms with E-state index in [1.165, 1.54) is 0 Å². The smallest absolute Gasteiger partial charge is 0.240 e. The summed E-state index contributed by atoms with van der Waals surface area (Å²) in [6.45, 7) is 10.9. The summed E-state index contributed by atoms with van der Waals surface area (Å²) in [5.41, 5.74) is 7.85. The second-order valence-corrected chi connectivity index (χ2v) is 8.00. The number of carbonyl (C=O) groups excluding carboxylic acids is 2. The largest absolute Gasteiger partial charge is 0.339 e. The molecule has 1 atom stereocenters. The number of rotatable bonds is 5. The van der Waals surface area contributed by atoms with Gasteiger partial charge in [0.25, 0.3) is 0 Å². The number of nitrogens with one attached hydrogen (secondary N) is 1. The highest BCUT2D eigenvalue weighted by molar-refractivity contribution is 5.93. The van der Waals surface area contributed by atoms with Crippen LogP contribution in [-0.4, -0.2) is 60.4 Å². The van der Waals surface area contributed by atoms with Crippen molar-refractivity contribution < 1.29 is 9.59 Å². The van der Waals surface area contributed by atoms with E-state index in [0.29, 0.717) is 32.7 Å². The molecule has 2 rings (SSSR count). The van der Waals surface area contributed by atoms with Gasteiger partial charge in [0.1, 0.15) is 0 Å². The molecule has 0 bridgehead atoms. The Morgan fingerprint density at radius 2 is 1.77 bits per heavy atom. The van der Waals surface area contributed by atoms with Crippen LogP contribution in [0.25, 0.3) is 0 Å². The average Bonchev–Trinajstić information content (AvgIpc) is 2.60. The fraction of sp³-hybridized carbons (Fsp3) is 0.600. The minimum Gasteiger partial charge on any atom is -0.339 e. The molecular formula is C20H32N4O2. The zero-order chi connectivity index (χ0) is 19.3. The van der Waals surface area contributed by atoms with Gasteiger partial charge in [-0.25, -0.2) is 0 Å². The quantitative estimate of drug-likeness (QED) is 0.838. The third kappa shape index (κ3) is 5.29. The molecule has 1 aromatic rings. The molecule has 0 aromatic heterocycles. The number of amides is 2. The lowest BCUT2D eigenvalue weighted by Crippen LogP contribution is -2.56. The van der Waals surface area contributed by atoms with Crippen LogP contribution in [0.3, 0.4) is 0 Å². The zero-order valence-electron chi connectivity index (χ0n) is 16.4. The lowest BCUT2D eigenvalue weighted by atomic mass is 9.86. The minimum absolute atomic E-state index is 0.00141. The lowest BCUT2D eigenvalue weighted by Gasteiger charge is -2.37. The van der Waals surface area contributed by atoms with Crippen molar-refractivity contribution in [1.82, 2.24) is 9.80 Å². The summed E-state index contributed by atoms with van der Waals surface area (Å²) >= 11 is 0. The number of nitrogens with two attached hydrogens (primary N) is 1. The van der Waals surface area contributed by atoms with E-state index in [0.717, 1.165) is 17.7 Å². The molecule has 1 saturated heterocycles. The molecule has 1 aliphatic heterocycles. The number of para-hydroxylation sites is 1. The molecule has 26 heavy (non-hydrogen) atoms. The highest BCUT2D eigenvalue weighted by Crippen LogP contribution is 2.20. The molecule has 1 fully saturated rings. The number of aryl methyl sites for hydroxylation is 1. The molecule has 144 valence electrons. The predicted octanol–water partition coefficient (Wildman–Crippen LogP) is 1.71. The summed E-state index contributed by atoms with van der Waals surface area (Å²) in [4.78, 5) is 28.7. The maximum atomic E-state index is 12.5. The van der Waals surface area contributed by atoms with E-state index in [4.69, 9.17) is 5.73 Å². The van der Waals surface area contributed by atoms with Gasteiger partial charge in [-0.3, -0.25) is 14.5 Å². The second kappa shape index (κ2) is 8.64. The van der Waals surface area contributed by atoms with Crippen LogP contribution in [0, 0.1) is 5.41 Å². The van der Waals surface area contributed by atoms with Gasteiger partial charge in [-0.1, -0.05) is 45.9 Å². The Morgan fingerprint density at radius 1 is 1.15 bits per heavy atom. The topological polar surface area (TPSA) is 78.7 Å². The summed E-state index contributed by atoms with van der Waals surface area (Å²) in [5.74, 6) is -0.0180. The van der Waals surface area contributed by atoms with E-state index in [1.54, 1.807) is 0 Å². The summed E-state index contributed by atoms with van der Waals surface area (Å²) in [6.07, 6.45) is 0.880. The van der Waals surface area contributed by atoms with E-state index in [1.807, 2.05) is 49.9 Å². The molecule has 6 nitrogen and oxygen atoms in total. The number of nitrogens with zero attached hydrogens (tertiary/aromatic N) is 2. The van der Waals surface area contributed by atoms with Gasteiger partial charge in [-0.2, -0.15) is 0 Å². The van der Waals surface area contributed by atoms with Crippen molar-refractivity contribution in [2.45, 2.75) is 40.2 Å². The maximum absolute atomic E-state index is 12.5. The van der Waals surface area contributed by atoms with Crippen LogP contribution in [0.4, 0.5) is 5.69 Å². The first-order chi connectivity index (χ1) is 12.2. The molecule has 0 saturated carbocycles. The van der Waals surface area contributed by atoms with E-state index >= 15 is 0 Å². The first-order valence-electron chi connectivity index (χ1n) is 9.37. The van der Waals surface area contributed by atoms with E-state index in [-0.39, 0.29) is 17.2 Å². The molecular weight excluding hydrogens is 328 g/mol. The molecule has 1 aromatic carbocycles. The normalized spacial score (nSPS) is 17.0. The van der Waals surface area contributed by atoms with E-state index in [9.17, 15) is 9.59 Å². The number of hydrogen-bond acceptors (Lipinski definition) is 4. The molecule has 2 amide bonds. The first-order valence-corrected chi connectivity index (χ1v) is 9.37. The average molecular weight is 361 g/mol. The predicted molar refractivity (Wildman–Crippen MR) is 105 cm³/mol. The van der Waals surface area contributed by atoms with Crippen molar-refractivity contribution >= 4 is 17.5 Å². The monoisotopic (exact) mass is 360 g/mol. The SMILES string of the molecule is CCc1ccccc1NC(=O)CN1CCN(C(=O)[C@@H](N)C(C)(C)C)CC1. The third-order valence-electron chi connectivity index (χ3n) is 4.92. The Labute approximate surface area is 156 Å². The first kappa shape index (κ1) is 20.4. The van der Waals surface area contributed by atoms with Gasteiger partial charge in [-0.15, -0.1) is 0 Å². The fourth-order valence-electron chi connectivity index (χ4n) is 3.04. The maximum Gasteiger partial charge on any atom is 0.240 e. The van der Waals surface area contributed by atoms with Crippen LogP contribution >= 0.6 is 0 Å². The summed E-state index contributed by atoms with van der Waals surface area (Å²) in [7, 11) is 0. The Kier molecular flexibility index (Phi) is 6.78.